The van der Waals surface area contributed by atoms with Crippen molar-refractivity contribution >= 4 is 17.6 Å². The zero-order valence-electron chi connectivity index (χ0n) is 18.4. The number of aliphatic hydroxyl groups is 1. The van der Waals surface area contributed by atoms with E-state index in [0.717, 1.165) is 29.7 Å². The van der Waals surface area contributed by atoms with Crippen molar-refractivity contribution in [2.75, 3.05) is 6.61 Å². The van der Waals surface area contributed by atoms with E-state index in [9.17, 15) is 15.0 Å². The fourth-order valence-electron chi connectivity index (χ4n) is 3.38. The zero-order chi connectivity index (χ0) is 23.1. The Morgan fingerprint density at radius 2 is 1.91 bits per heavy atom. The van der Waals surface area contributed by atoms with Crippen LogP contribution in [-0.2, 0) is 17.8 Å². The summed E-state index contributed by atoms with van der Waals surface area (Å²) in [6.07, 6.45) is 1.92. The zero-order valence-corrected chi connectivity index (χ0v) is 19.2. The quantitative estimate of drug-likeness (QED) is 0.375. The molecule has 170 valence electrons. The molecule has 3 aromatic rings. The van der Waals surface area contributed by atoms with E-state index < -0.39 is 12.1 Å². The Bertz CT molecular complexity index is 1050. The van der Waals surface area contributed by atoms with Gasteiger partial charge in [0.1, 0.15) is 5.75 Å². The second-order valence-electron chi connectivity index (χ2n) is 7.77. The van der Waals surface area contributed by atoms with Crippen LogP contribution < -0.4 is 4.74 Å². The van der Waals surface area contributed by atoms with E-state index in [1.165, 1.54) is 0 Å². The van der Waals surface area contributed by atoms with E-state index in [1.54, 1.807) is 10.7 Å². The van der Waals surface area contributed by atoms with E-state index in [4.69, 9.17) is 21.4 Å². The highest BCUT2D eigenvalue weighted by atomic mass is 35.5. The van der Waals surface area contributed by atoms with Crippen LogP contribution in [0.15, 0.2) is 48.5 Å². The van der Waals surface area contributed by atoms with Crippen LogP contribution in [-0.4, -0.2) is 38.7 Å². The molecule has 0 fully saturated rings. The number of rotatable bonds is 11. The van der Waals surface area contributed by atoms with Gasteiger partial charge in [0.2, 0.25) is 0 Å². The summed E-state index contributed by atoms with van der Waals surface area (Å²) in [6, 6.07) is 14.8. The van der Waals surface area contributed by atoms with Gasteiger partial charge in [-0.1, -0.05) is 50.1 Å². The van der Waals surface area contributed by atoms with Crippen molar-refractivity contribution in [1.29, 1.82) is 0 Å². The number of hydrogen-bond donors (Lipinski definition) is 2. The molecule has 0 bridgehead atoms. The van der Waals surface area contributed by atoms with Crippen molar-refractivity contribution in [2.45, 2.75) is 52.2 Å². The second-order valence-corrected chi connectivity index (χ2v) is 8.21. The van der Waals surface area contributed by atoms with E-state index >= 15 is 0 Å². The minimum absolute atomic E-state index is 0.0818. The van der Waals surface area contributed by atoms with Crippen molar-refractivity contribution < 1.29 is 19.7 Å². The van der Waals surface area contributed by atoms with Crippen LogP contribution in [0.5, 0.6) is 5.75 Å². The molecule has 7 heteroatoms. The second kappa shape index (κ2) is 11.2. The molecule has 2 N–H and O–H groups in total. The van der Waals surface area contributed by atoms with Crippen molar-refractivity contribution in [2.24, 2.45) is 0 Å². The van der Waals surface area contributed by atoms with Crippen LogP contribution >= 0.6 is 11.6 Å². The van der Waals surface area contributed by atoms with E-state index in [0.29, 0.717) is 41.6 Å². The Balaban J connectivity index is 2.08. The number of aromatic nitrogens is 2. The van der Waals surface area contributed by atoms with Gasteiger partial charge in [0.15, 0.2) is 0 Å². The largest absolute Gasteiger partial charge is 0.493 e. The average Bonchev–Trinajstić information content (AvgIpc) is 3.18. The SMILES string of the molecule is CCCCOc1ccc(CC(=O)O)cc1-c1cc(-c2ccc(Cl)cc2)n(C[C@H](O)CC)n1. The van der Waals surface area contributed by atoms with Crippen LogP contribution in [0.1, 0.15) is 38.7 Å². The molecule has 2 aromatic carbocycles. The molecule has 0 aliphatic heterocycles. The number of aliphatic hydroxyl groups excluding tert-OH is 1. The van der Waals surface area contributed by atoms with Gasteiger partial charge in [-0.15, -0.1) is 0 Å². The monoisotopic (exact) mass is 456 g/mol. The maximum absolute atomic E-state index is 11.2. The summed E-state index contributed by atoms with van der Waals surface area (Å²) in [4.78, 5) is 11.2. The molecule has 0 saturated heterocycles. The Labute approximate surface area is 193 Å². The number of hydrogen-bond acceptors (Lipinski definition) is 4. The predicted octanol–water partition coefficient (Wildman–Crippen LogP) is 5.45. The number of unbranched alkanes of at least 4 members (excludes halogenated alkanes) is 1. The smallest absolute Gasteiger partial charge is 0.307 e. The maximum Gasteiger partial charge on any atom is 0.307 e. The van der Waals surface area contributed by atoms with Gasteiger partial charge < -0.3 is 14.9 Å². The summed E-state index contributed by atoms with van der Waals surface area (Å²) < 4.78 is 7.79. The van der Waals surface area contributed by atoms with Gasteiger partial charge in [-0.3, -0.25) is 9.48 Å². The molecule has 3 rings (SSSR count). The Kier molecular flexibility index (Phi) is 8.31. The van der Waals surface area contributed by atoms with Crippen molar-refractivity contribution in [3.8, 4) is 28.3 Å². The minimum atomic E-state index is -0.894. The average molecular weight is 457 g/mol. The van der Waals surface area contributed by atoms with Gasteiger partial charge in [0, 0.05) is 10.6 Å². The Morgan fingerprint density at radius 1 is 1.16 bits per heavy atom. The molecule has 1 atom stereocenters. The minimum Gasteiger partial charge on any atom is -0.493 e. The number of halogens is 1. The number of carboxylic acids is 1. The third kappa shape index (κ3) is 6.11. The van der Waals surface area contributed by atoms with Crippen LogP contribution in [0.4, 0.5) is 0 Å². The number of nitrogens with zero attached hydrogens (tertiary/aromatic N) is 2. The summed E-state index contributed by atoms with van der Waals surface area (Å²) in [5, 5.41) is 24.9. The summed E-state index contributed by atoms with van der Waals surface area (Å²) >= 11 is 6.06. The Morgan fingerprint density at radius 3 is 2.56 bits per heavy atom. The van der Waals surface area contributed by atoms with Gasteiger partial charge in [-0.2, -0.15) is 5.10 Å². The van der Waals surface area contributed by atoms with Gasteiger partial charge in [0.25, 0.3) is 0 Å². The third-order valence-corrected chi connectivity index (χ3v) is 5.46. The van der Waals surface area contributed by atoms with Crippen molar-refractivity contribution in [1.82, 2.24) is 9.78 Å². The Hall–Kier alpha value is -2.83. The molecule has 0 spiro atoms. The molecule has 0 unspecified atom stereocenters. The highest BCUT2D eigenvalue weighted by Crippen LogP contribution is 2.34. The molecule has 0 radical (unpaired) electrons. The van der Waals surface area contributed by atoms with Gasteiger partial charge >= 0.3 is 5.97 Å². The highest BCUT2D eigenvalue weighted by Gasteiger charge is 2.18. The third-order valence-electron chi connectivity index (χ3n) is 5.21. The van der Waals surface area contributed by atoms with E-state index in [-0.39, 0.29) is 6.42 Å². The number of aliphatic carboxylic acids is 1. The molecule has 0 amide bonds. The first-order chi connectivity index (χ1) is 15.4. The topological polar surface area (TPSA) is 84.6 Å². The summed E-state index contributed by atoms with van der Waals surface area (Å²) in [6.45, 7) is 4.93. The molecule has 1 aromatic heterocycles. The molecule has 0 saturated carbocycles. The highest BCUT2D eigenvalue weighted by molar-refractivity contribution is 6.30. The lowest BCUT2D eigenvalue weighted by Gasteiger charge is -2.12. The lowest BCUT2D eigenvalue weighted by Crippen LogP contribution is -2.16. The van der Waals surface area contributed by atoms with E-state index in [2.05, 4.69) is 6.92 Å². The molecule has 0 aliphatic rings. The van der Waals surface area contributed by atoms with Gasteiger partial charge in [-0.05, 0) is 54.3 Å². The van der Waals surface area contributed by atoms with Crippen molar-refractivity contribution in [3.05, 3.63) is 59.1 Å². The number of ether oxygens (including phenoxy) is 1. The lowest BCUT2D eigenvalue weighted by atomic mass is 10.0. The van der Waals surface area contributed by atoms with Crippen LogP contribution in [0.3, 0.4) is 0 Å². The first kappa shape index (κ1) is 23.8. The fraction of sp³-hybridized carbons (Fsp3) is 0.360. The van der Waals surface area contributed by atoms with Gasteiger partial charge in [-0.25, -0.2) is 0 Å². The molecule has 6 nitrogen and oxygen atoms in total. The molecular weight excluding hydrogens is 428 g/mol. The number of carboxylic acid groups (broad SMARTS) is 1. The van der Waals surface area contributed by atoms with Crippen LogP contribution in [0, 0.1) is 0 Å². The van der Waals surface area contributed by atoms with Crippen LogP contribution in [0.2, 0.25) is 5.02 Å². The first-order valence-electron chi connectivity index (χ1n) is 10.9. The molecule has 1 heterocycles. The van der Waals surface area contributed by atoms with Gasteiger partial charge in [0.05, 0.1) is 37.1 Å². The summed E-state index contributed by atoms with van der Waals surface area (Å²) in [5.41, 5.74) is 3.84. The standard InChI is InChI=1S/C25H29ClN2O4/c1-3-5-12-32-24-11-6-17(14-25(30)31)13-21(24)22-15-23(18-7-9-19(26)10-8-18)28(27-22)16-20(29)4-2/h6-11,13,15,20,29H,3-5,12,14,16H2,1-2H3,(H,30,31)/t20-/m1/s1. The molecule has 32 heavy (non-hydrogen) atoms. The maximum atomic E-state index is 11.2. The molecular formula is C25H29ClN2O4. The summed E-state index contributed by atoms with van der Waals surface area (Å²) in [7, 11) is 0. The molecule has 0 aliphatic carbocycles. The van der Waals surface area contributed by atoms with E-state index in [1.807, 2.05) is 49.4 Å². The fourth-order valence-corrected chi connectivity index (χ4v) is 3.51. The normalized spacial score (nSPS) is 12.0. The lowest BCUT2D eigenvalue weighted by molar-refractivity contribution is -0.136. The van der Waals surface area contributed by atoms with Crippen LogP contribution in [0.25, 0.3) is 22.5 Å². The number of carbonyl (C=O) groups is 1. The summed E-state index contributed by atoms with van der Waals surface area (Å²) in [5.74, 6) is -0.231. The first-order valence-corrected chi connectivity index (χ1v) is 11.3. The van der Waals surface area contributed by atoms with Crippen molar-refractivity contribution in [3.63, 3.8) is 0 Å². The number of benzene rings is 2. The predicted molar refractivity (Wildman–Crippen MR) is 126 cm³/mol.